The topological polar surface area (TPSA) is 12.0 Å². The third-order valence-electron chi connectivity index (χ3n) is 3.61. The molecule has 16 heavy (non-hydrogen) atoms. The highest BCUT2D eigenvalue weighted by atomic mass is 79.9. The van der Waals surface area contributed by atoms with Crippen molar-refractivity contribution in [3.63, 3.8) is 0 Å². The second kappa shape index (κ2) is 6.18. The third-order valence-corrected chi connectivity index (χ3v) is 5.55. The number of halogens is 1. The minimum absolute atomic E-state index is 0.742. The summed E-state index contributed by atoms with van der Waals surface area (Å²) in [6.45, 7) is 0. The Hall–Kier alpha value is 0.140. The molecular weight excluding hydrogens is 282 g/mol. The molecule has 0 spiro atoms. The van der Waals surface area contributed by atoms with Crippen molar-refractivity contribution in [3.05, 3.63) is 20.8 Å². The van der Waals surface area contributed by atoms with Crippen LogP contribution in [0.3, 0.4) is 0 Å². The summed E-state index contributed by atoms with van der Waals surface area (Å²) in [7, 11) is 2.11. The van der Waals surface area contributed by atoms with Gasteiger partial charge in [0.15, 0.2) is 0 Å². The predicted molar refractivity (Wildman–Crippen MR) is 75.1 cm³/mol. The number of thiophene rings is 1. The van der Waals surface area contributed by atoms with E-state index in [-0.39, 0.29) is 0 Å². The van der Waals surface area contributed by atoms with Crippen LogP contribution in [0.15, 0.2) is 15.9 Å². The van der Waals surface area contributed by atoms with E-state index in [2.05, 4.69) is 39.7 Å². The molecule has 0 aromatic carbocycles. The zero-order valence-corrected chi connectivity index (χ0v) is 12.2. The summed E-state index contributed by atoms with van der Waals surface area (Å²) in [5.41, 5.74) is 0. The molecule has 0 bridgehead atoms. The van der Waals surface area contributed by atoms with Crippen molar-refractivity contribution in [3.8, 4) is 0 Å². The average molecular weight is 302 g/mol. The van der Waals surface area contributed by atoms with Gasteiger partial charge in [-0.2, -0.15) is 0 Å². The van der Waals surface area contributed by atoms with Crippen molar-refractivity contribution >= 4 is 27.3 Å². The number of hydrogen-bond acceptors (Lipinski definition) is 2. The molecule has 1 heterocycles. The summed E-state index contributed by atoms with van der Waals surface area (Å²) in [5, 5.41) is 5.65. The predicted octanol–water partition coefficient (Wildman–Crippen LogP) is 4.22. The lowest BCUT2D eigenvalue weighted by molar-refractivity contribution is 0.402. The van der Waals surface area contributed by atoms with Crippen LogP contribution < -0.4 is 5.32 Å². The van der Waals surface area contributed by atoms with E-state index >= 15 is 0 Å². The molecular formula is C13H20BrNS. The van der Waals surface area contributed by atoms with Gasteiger partial charge in [-0.05, 0) is 59.6 Å². The largest absolute Gasteiger partial charge is 0.317 e. The van der Waals surface area contributed by atoms with E-state index in [1.165, 1.54) is 47.9 Å². The minimum Gasteiger partial charge on any atom is -0.317 e. The summed E-state index contributed by atoms with van der Waals surface area (Å²) in [4.78, 5) is 1.53. The van der Waals surface area contributed by atoms with E-state index in [0.29, 0.717) is 0 Å². The first kappa shape index (κ1) is 12.6. The molecule has 90 valence electrons. The quantitative estimate of drug-likeness (QED) is 0.824. The Balaban J connectivity index is 1.95. The molecule has 1 aliphatic carbocycles. The molecule has 1 nitrogen and oxygen atoms in total. The van der Waals surface area contributed by atoms with Gasteiger partial charge >= 0.3 is 0 Å². The van der Waals surface area contributed by atoms with E-state index in [1.54, 1.807) is 0 Å². The van der Waals surface area contributed by atoms with Crippen LogP contribution in [0.2, 0.25) is 0 Å². The van der Waals surface area contributed by atoms with Crippen molar-refractivity contribution in [1.82, 2.24) is 5.32 Å². The standard InChI is InChI=1S/C13H20BrNS/c1-15-11-5-3-2-4-10(8-11)9-13-12(14)6-7-16-13/h6-7,10-11,15H,2-5,8-9H2,1H3. The first-order valence-electron chi connectivity index (χ1n) is 6.18. The molecule has 1 aromatic rings. The van der Waals surface area contributed by atoms with Crippen LogP contribution in [0.1, 0.15) is 37.0 Å². The third kappa shape index (κ3) is 3.31. The second-order valence-corrected chi connectivity index (χ2v) is 6.62. The lowest BCUT2D eigenvalue weighted by Gasteiger charge is -2.19. The average Bonchev–Trinajstić information content (AvgIpc) is 2.55. The van der Waals surface area contributed by atoms with Crippen LogP contribution in [-0.2, 0) is 6.42 Å². The SMILES string of the molecule is CNC1CCCCC(Cc2sccc2Br)C1. The van der Waals surface area contributed by atoms with Crippen LogP contribution in [-0.4, -0.2) is 13.1 Å². The van der Waals surface area contributed by atoms with Crippen LogP contribution in [0.25, 0.3) is 0 Å². The molecule has 1 saturated carbocycles. The molecule has 2 unspecified atom stereocenters. The Labute approximate surface area is 111 Å². The lowest BCUT2D eigenvalue weighted by Crippen LogP contribution is -2.26. The van der Waals surface area contributed by atoms with E-state index in [9.17, 15) is 0 Å². The summed E-state index contributed by atoms with van der Waals surface area (Å²) >= 11 is 5.53. The van der Waals surface area contributed by atoms with Gasteiger partial charge in [0.2, 0.25) is 0 Å². The fourth-order valence-electron chi connectivity index (χ4n) is 2.64. The van der Waals surface area contributed by atoms with E-state index in [1.807, 2.05) is 11.3 Å². The summed E-state index contributed by atoms with van der Waals surface area (Å²) in [5.74, 6) is 0.870. The molecule has 1 aliphatic rings. The second-order valence-electron chi connectivity index (χ2n) is 4.77. The lowest BCUT2D eigenvalue weighted by atomic mass is 9.94. The van der Waals surface area contributed by atoms with Crippen molar-refractivity contribution in [2.45, 2.75) is 44.6 Å². The van der Waals surface area contributed by atoms with Gasteiger partial charge in [0.25, 0.3) is 0 Å². The van der Waals surface area contributed by atoms with Crippen LogP contribution in [0.5, 0.6) is 0 Å². The molecule has 1 fully saturated rings. The van der Waals surface area contributed by atoms with Gasteiger partial charge < -0.3 is 5.32 Å². The summed E-state index contributed by atoms with van der Waals surface area (Å²) < 4.78 is 1.31. The van der Waals surface area contributed by atoms with Crippen LogP contribution in [0.4, 0.5) is 0 Å². The van der Waals surface area contributed by atoms with Gasteiger partial charge in [-0.25, -0.2) is 0 Å². The summed E-state index contributed by atoms with van der Waals surface area (Å²) in [6.07, 6.45) is 8.18. The molecule has 0 radical (unpaired) electrons. The first-order valence-corrected chi connectivity index (χ1v) is 7.86. The van der Waals surface area contributed by atoms with Crippen molar-refractivity contribution < 1.29 is 0 Å². The molecule has 3 heteroatoms. The van der Waals surface area contributed by atoms with Gasteiger partial charge in [0.1, 0.15) is 0 Å². The number of hydrogen-bond donors (Lipinski definition) is 1. The Kier molecular flexibility index (Phi) is 4.86. The Morgan fingerprint density at radius 2 is 2.25 bits per heavy atom. The van der Waals surface area contributed by atoms with Crippen LogP contribution >= 0.6 is 27.3 Å². The van der Waals surface area contributed by atoms with E-state index in [4.69, 9.17) is 0 Å². The van der Waals surface area contributed by atoms with E-state index < -0.39 is 0 Å². The first-order chi connectivity index (χ1) is 7.79. The Morgan fingerprint density at radius 1 is 1.44 bits per heavy atom. The van der Waals surface area contributed by atoms with Crippen LogP contribution in [0, 0.1) is 5.92 Å². The zero-order chi connectivity index (χ0) is 11.4. The normalized spacial score (nSPS) is 26.6. The number of rotatable bonds is 3. The molecule has 0 amide bonds. The van der Waals surface area contributed by atoms with Gasteiger partial charge in [0, 0.05) is 15.4 Å². The summed E-state index contributed by atoms with van der Waals surface area (Å²) in [6, 6.07) is 2.91. The Morgan fingerprint density at radius 3 is 2.94 bits per heavy atom. The number of nitrogens with one attached hydrogen (secondary N) is 1. The molecule has 1 N–H and O–H groups in total. The van der Waals surface area contributed by atoms with Crippen molar-refractivity contribution in [2.24, 2.45) is 5.92 Å². The smallest absolute Gasteiger partial charge is 0.0314 e. The maximum absolute atomic E-state index is 3.64. The van der Waals surface area contributed by atoms with Gasteiger partial charge in [-0.3, -0.25) is 0 Å². The van der Waals surface area contributed by atoms with E-state index in [0.717, 1.165) is 12.0 Å². The maximum atomic E-state index is 3.64. The van der Waals surface area contributed by atoms with Gasteiger partial charge in [-0.15, -0.1) is 11.3 Å². The highest BCUT2D eigenvalue weighted by Crippen LogP contribution is 2.31. The zero-order valence-electron chi connectivity index (χ0n) is 9.84. The molecule has 2 rings (SSSR count). The molecule has 0 aliphatic heterocycles. The maximum Gasteiger partial charge on any atom is 0.0314 e. The fraction of sp³-hybridized carbons (Fsp3) is 0.692. The van der Waals surface area contributed by atoms with Gasteiger partial charge in [0.05, 0.1) is 0 Å². The minimum atomic E-state index is 0.742. The van der Waals surface area contributed by atoms with Crippen molar-refractivity contribution in [1.29, 1.82) is 0 Å². The van der Waals surface area contributed by atoms with Crippen molar-refractivity contribution in [2.75, 3.05) is 7.05 Å². The monoisotopic (exact) mass is 301 g/mol. The molecule has 0 saturated heterocycles. The fourth-order valence-corrected chi connectivity index (χ4v) is 4.27. The highest BCUT2D eigenvalue weighted by molar-refractivity contribution is 9.10. The highest BCUT2D eigenvalue weighted by Gasteiger charge is 2.20. The molecule has 2 atom stereocenters. The molecule has 1 aromatic heterocycles. The van der Waals surface area contributed by atoms with Gasteiger partial charge in [-0.1, -0.05) is 19.3 Å². The Bertz CT molecular complexity index is 323.